The second-order valence-electron chi connectivity index (χ2n) is 8.59. The van der Waals surface area contributed by atoms with E-state index in [1.165, 1.54) is 0 Å². The molecule has 1 fully saturated rings. The zero-order valence-corrected chi connectivity index (χ0v) is 16.9. The third-order valence-corrected chi connectivity index (χ3v) is 6.80. The summed E-state index contributed by atoms with van der Waals surface area (Å²) in [5.74, 6) is -3.01. The molecule has 2 aliphatic carbocycles. The molecule has 0 N–H and O–H groups in total. The summed E-state index contributed by atoms with van der Waals surface area (Å²) in [4.78, 5) is 30.4. The zero-order chi connectivity index (χ0) is 21.4. The van der Waals surface area contributed by atoms with Gasteiger partial charge in [-0.05, 0) is 25.0 Å². The van der Waals surface area contributed by atoms with E-state index in [-0.39, 0.29) is 48.1 Å². The Morgan fingerprint density at radius 3 is 2.68 bits per heavy atom. The van der Waals surface area contributed by atoms with Gasteiger partial charge in [0.15, 0.2) is 17.3 Å². The van der Waals surface area contributed by atoms with Crippen LogP contribution in [0.25, 0.3) is 0 Å². The number of likely N-dealkylation sites (N-methyl/N-ethyl adjacent to an activating group) is 1. The van der Waals surface area contributed by atoms with Crippen LogP contribution in [-0.4, -0.2) is 65.8 Å². The highest BCUT2D eigenvalue weighted by atomic mass is 19.1. The molecule has 0 radical (unpaired) electrons. The van der Waals surface area contributed by atoms with E-state index in [0.717, 1.165) is 13.1 Å². The largest absolute Gasteiger partial charge is 0.450 e. The summed E-state index contributed by atoms with van der Waals surface area (Å²) in [6.45, 7) is 2.85. The van der Waals surface area contributed by atoms with Crippen molar-refractivity contribution in [1.82, 2.24) is 15.0 Å². The van der Waals surface area contributed by atoms with Gasteiger partial charge in [-0.3, -0.25) is 14.5 Å². The molecule has 2 unspecified atom stereocenters. The van der Waals surface area contributed by atoms with Crippen LogP contribution in [0.2, 0.25) is 0 Å². The topological polar surface area (TPSA) is 79.1 Å². The summed E-state index contributed by atoms with van der Waals surface area (Å²) < 4.78 is 41.3. The number of anilines is 1. The molecule has 1 aromatic heterocycles. The fourth-order valence-corrected chi connectivity index (χ4v) is 5.15. The van der Waals surface area contributed by atoms with Crippen molar-refractivity contribution in [3.63, 3.8) is 0 Å². The van der Waals surface area contributed by atoms with Crippen molar-refractivity contribution in [3.05, 3.63) is 46.3 Å². The van der Waals surface area contributed by atoms with Gasteiger partial charge in [0.1, 0.15) is 6.04 Å². The summed E-state index contributed by atoms with van der Waals surface area (Å²) in [5.41, 5.74) is 1.10. The van der Waals surface area contributed by atoms with Gasteiger partial charge in [-0.1, -0.05) is 6.08 Å². The lowest BCUT2D eigenvalue weighted by molar-refractivity contribution is -0.137. The van der Waals surface area contributed by atoms with E-state index < -0.39 is 29.4 Å². The van der Waals surface area contributed by atoms with Crippen LogP contribution in [0.4, 0.5) is 14.7 Å². The van der Waals surface area contributed by atoms with Crippen molar-refractivity contribution in [2.75, 3.05) is 38.1 Å². The lowest BCUT2D eigenvalue weighted by Gasteiger charge is -2.48. The molecule has 6 rings (SSSR count). The van der Waals surface area contributed by atoms with Crippen molar-refractivity contribution < 1.29 is 27.6 Å². The number of allylic oxidation sites excluding steroid dienone is 3. The number of hydrogen-bond donors (Lipinski definition) is 0. The highest BCUT2D eigenvalue weighted by Crippen LogP contribution is 2.50. The van der Waals surface area contributed by atoms with E-state index in [2.05, 4.69) is 10.1 Å². The molecule has 0 amide bonds. The van der Waals surface area contributed by atoms with Crippen LogP contribution >= 0.6 is 0 Å². The highest BCUT2D eigenvalue weighted by Gasteiger charge is 2.52. The van der Waals surface area contributed by atoms with Crippen molar-refractivity contribution >= 4 is 17.5 Å². The third kappa shape index (κ3) is 2.57. The number of ketones is 2. The molecule has 2 atom stereocenters. The van der Waals surface area contributed by atoms with Gasteiger partial charge < -0.3 is 19.1 Å². The number of rotatable bonds is 1. The lowest BCUT2D eigenvalue weighted by Crippen LogP contribution is -2.53. The maximum atomic E-state index is 15.8. The minimum absolute atomic E-state index is 0.0186. The van der Waals surface area contributed by atoms with E-state index >= 15 is 4.39 Å². The predicted molar refractivity (Wildman–Crippen MR) is 103 cm³/mol. The van der Waals surface area contributed by atoms with Gasteiger partial charge >= 0.3 is 0 Å². The summed E-state index contributed by atoms with van der Waals surface area (Å²) >= 11 is 0. The van der Waals surface area contributed by atoms with E-state index in [1.807, 2.05) is 18.0 Å². The maximum absolute atomic E-state index is 15.8. The molecule has 162 valence electrons. The minimum Gasteiger partial charge on any atom is -0.450 e. The van der Waals surface area contributed by atoms with Gasteiger partial charge in [-0.25, -0.2) is 4.39 Å². The van der Waals surface area contributed by atoms with Crippen LogP contribution in [-0.2, 0) is 20.7 Å². The van der Waals surface area contributed by atoms with Crippen molar-refractivity contribution in [1.29, 1.82) is 0 Å². The molecule has 4 heterocycles. The first-order chi connectivity index (χ1) is 14.9. The van der Waals surface area contributed by atoms with Gasteiger partial charge in [0.05, 0.1) is 17.0 Å². The average Bonchev–Trinajstić information content (AvgIpc) is 3.14. The number of nitrogens with zero attached hydrogens (tertiary/aromatic N) is 4. The Kier molecular flexibility index (Phi) is 3.92. The highest BCUT2D eigenvalue weighted by molar-refractivity contribution is 6.44. The quantitative estimate of drug-likeness (QED) is 0.623. The van der Waals surface area contributed by atoms with Crippen LogP contribution in [0.1, 0.15) is 18.4 Å². The Balaban J connectivity index is 1.52. The lowest BCUT2D eigenvalue weighted by atomic mass is 9.80. The molecule has 31 heavy (non-hydrogen) atoms. The van der Waals surface area contributed by atoms with E-state index in [9.17, 15) is 14.0 Å². The Labute approximate surface area is 176 Å². The molecule has 1 saturated heterocycles. The molecule has 5 aliphatic rings. The van der Waals surface area contributed by atoms with Gasteiger partial charge in [-0.2, -0.15) is 4.39 Å². The molecule has 3 aliphatic heterocycles. The van der Waals surface area contributed by atoms with Crippen molar-refractivity contribution in [3.8, 4) is 0 Å². The van der Waals surface area contributed by atoms with Gasteiger partial charge in [0.25, 0.3) is 11.7 Å². The van der Waals surface area contributed by atoms with Crippen LogP contribution < -0.4 is 4.90 Å². The normalized spacial score (nSPS) is 28.3. The number of Topliss-reactive ketones (excluding diaryl/α,β-unsaturated/α-hetero) is 2. The standard InChI is InChI=1S/C21H20F2N4O4/c1-25-4-6-26(7-5-25)13-9-10-8-11-20(23)24-31-21(11)27-12-2-3-14(28)17(29)18(12)30-19(15(13)22)16(10)27/h9-10,16H,2-8H2,1H3. The number of fused-ring (bicyclic) bond motifs is 3. The fourth-order valence-electron chi connectivity index (χ4n) is 5.15. The number of halogens is 2. The SMILES string of the molecule is CN1CCN(C2=CC3Cc4c(F)noc4N4C5=C(OC(=C2F)C34)C(=O)C(=O)CC5)CC1. The van der Waals surface area contributed by atoms with Gasteiger partial charge in [0.2, 0.25) is 11.7 Å². The number of piperazine rings is 1. The minimum atomic E-state index is -0.792. The van der Waals surface area contributed by atoms with Crippen LogP contribution in [0.15, 0.2) is 39.3 Å². The molecule has 0 spiro atoms. The number of carbonyl (C=O) groups excluding carboxylic acids is 2. The summed E-state index contributed by atoms with van der Waals surface area (Å²) in [5, 5.41) is 3.47. The molecule has 10 heteroatoms. The molecule has 0 bridgehead atoms. The second kappa shape index (κ2) is 6.49. The molecular formula is C21H20F2N4O4. The Morgan fingerprint density at radius 1 is 1.13 bits per heavy atom. The summed E-state index contributed by atoms with van der Waals surface area (Å²) in [6.07, 6.45) is 2.36. The smallest absolute Gasteiger partial charge is 0.265 e. The molecular weight excluding hydrogens is 410 g/mol. The van der Waals surface area contributed by atoms with E-state index in [1.54, 1.807) is 4.90 Å². The number of hydrogen-bond acceptors (Lipinski definition) is 8. The van der Waals surface area contributed by atoms with Crippen molar-refractivity contribution in [2.24, 2.45) is 5.92 Å². The zero-order valence-electron chi connectivity index (χ0n) is 16.9. The second-order valence-corrected chi connectivity index (χ2v) is 8.59. The van der Waals surface area contributed by atoms with Gasteiger partial charge in [0, 0.05) is 38.5 Å². The summed E-state index contributed by atoms with van der Waals surface area (Å²) in [7, 11) is 2.01. The van der Waals surface area contributed by atoms with E-state index in [4.69, 9.17) is 9.26 Å². The predicted octanol–water partition coefficient (Wildman–Crippen LogP) is 1.66. The fraction of sp³-hybridized carbons (Fsp3) is 0.476. The Hall–Kier alpha value is -3.01. The number of aromatic nitrogens is 1. The first-order valence-electron chi connectivity index (χ1n) is 10.4. The van der Waals surface area contributed by atoms with Crippen LogP contribution in [0, 0.1) is 11.9 Å². The van der Waals surface area contributed by atoms with Crippen LogP contribution in [0.5, 0.6) is 0 Å². The Morgan fingerprint density at radius 2 is 1.90 bits per heavy atom. The monoisotopic (exact) mass is 430 g/mol. The van der Waals surface area contributed by atoms with Gasteiger partial charge in [-0.15, -0.1) is 0 Å². The first-order valence-corrected chi connectivity index (χ1v) is 10.4. The third-order valence-electron chi connectivity index (χ3n) is 6.80. The average molecular weight is 430 g/mol. The molecule has 1 aromatic rings. The Bertz CT molecular complexity index is 1110. The molecule has 0 aromatic carbocycles. The molecule has 0 saturated carbocycles. The van der Waals surface area contributed by atoms with Crippen LogP contribution in [0.3, 0.4) is 0 Å². The molecule has 8 nitrogen and oxygen atoms in total. The van der Waals surface area contributed by atoms with Crippen molar-refractivity contribution in [2.45, 2.75) is 25.3 Å². The number of ether oxygens (including phenoxy) is 1. The number of carbonyl (C=O) groups is 2. The maximum Gasteiger partial charge on any atom is 0.265 e. The van der Waals surface area contributed by atoms with E-state index in [0.29, 0.717) is 24.5 Å². The first kappa shape index (κ1) is 18.7. The summed E-state index contributed by atoms with van der Waals surface area (Å²) in [6, 6.07) is -0.615.